The maximum Gasteiger partial charge on any atom is 0.228 e. The number of benzene rings is 1. The minimum atomic E-state index is 0.0474. The van der Waals surface area contributed by atoms with Crippen LogP contribution < -0.4 is 11.1 Å². The Morgan fingerprint density at radius 2 is 2.05 bits per heavy atom. The predicted molar refractivity (Wildman–Crippen MR) is 90.6 cm³/mol. The molecule has 1 aliphatic rings. The summed E-state index contributed by atoms with van der Waals surface area (Å²) in [5.74, 6) is 0.121. The van der Waals surface area contributed by atoms with Crippen molar-refractivity contribution >= 4 is 49.1 Å². The maximum atomic E-state index is 12.6. The van der Waals surface area contributed by atoms with Gasteiger partial charge in [0.2, 0.25) is 5.91 Å². The normalized spacial score (nSPS) is 21.5. The third-order valence-corrected chi connectivity index (χ3v) is 5.24. The molecule has 2 rings (SSSR count). The molecule has 110 valence electrons. The zero-order valence-electron chi connectivity index (χ0n) is 11.8. The molecular formula is C15H20Br2N2O. The molecule has 5 heteroatoms. The Bertz CT molecular complexity index is 506. The molecule has 3 N–H and O–H groups in total. The van der Waals surface area contributed by atoms with Crippen LogP contribution in [0.2, 0.25) is 0 Å². The summed E-state index contributed by atoms with van der Waals surface area (Å²) in [6.07, 6.45) is 4.38. The largest absolute Gasteiger partial charge is 0.397 e. The number of amides is 1. The third-order valence-electron chi connectivity index (χ3n) is 4.16. The van der Waals surface area contributed by atoms with Gasteiger partial charge in [-0.15, -0.1) is 0 Å². The zero-order valence-corrected chi connectivity index (χ0v) is 15.0. The second-order valence-electron chi connectivity index (χ2n) is 6.13. The van der Waals surface area contributed by atoms with E-state index in [1.807, 2.05) is 6.07 Å². The van der Waals surface area contributed by atoms with E-state index in [9.17, 15) is 4.79 Å². The summed E-state index contributed by atoms with van der Waals surface area (Å²) in [7, 11) is 0. The van der Waals surface area contributed by atoms with Crippen LogP contribution in [0, 0.1) is 11.3 Å². The van der Waals surface area contributed by atoms with Crippen LogP contribution in [0.1, 0.15) is 39.5 Å². The number of halogens is 2. The summed E-state index contributed by atoms with van der Waals surface area (Å²) in [5.41, 5.74) is 7.28. The van der Waals surface area contributed by atoms with Crippen LogP contribution in [0.5, 0.6) is 0 Å². The number of carbonyl (C=O) groups is 1. The van der Waals surface area contributed by atoms with Crippen molar-refractivity contribution in [1.82, 2.24) is 0 Å². The van der Waals surface area contributed by atoms with Crippen molar-refractivity contribution in [1.29, 1.82) is 0 Å². The Kier molecular flexibility index (Phi) is 4.80. The minimum Gasteiger partial charge on any atom is -0.397 e. The van der Waals surface area contributed by atoms with Crippen LogP contribution >= 0.6 is 31.9 Å². The first-order valence-electron chi connectivity index (χ1n) is 6.86. The molecule has 0 aliphatic heterocycles. The Morgan fingerprint density at radius 3 is 2.65 bits per heavy atom. The lowest BCUT2D eigenvalue weighted by atomic mass is 9.68. The van der Waals surface area contributed by atoms with Gasteiger partial charge >= 0.3 is 0 Å². The van der Waals surface area contributed by atoms with E-state index in [-0.39, 0.29) is 17.2 Å². The summed E-state index contributed by atoms with van der Waals surface area (Å²) >= 11 is 6.84. The first-order valence-corrected chi connectivity index (χ1v) is 8.45. The number of rotatable bonds is 2. The number of hydrogen-bond donors (Lipinski definition) is 2. The minimum absolute atomic E-state index is 0.0474. The molecular weight excluding hydrogens is 384 g/mol. The molecule has 1 aromatic carbocycles. The third kappa shape index (κ3) is 3.37. The Hall–Kier alpha value is -0.550. The summed E-state index contributed by atoms with van der Waals surface area (Å²) < 4.78 is 1.68. The average Bonchev–Trinajstić information content (AvgIpc) is 2.32. The smallest absolute Gasteiger partial charge is 0.228 e. The van der Waals surface area contributed by atoms with Gasteiger partial charge in [-0.3, -0.25) is 4.79 Å². The van der Waals surface area contributed by atoms with Gasteiger partial charge < -0.3 is 11.1 Å². The molecule has 3 nitrogen and oxygen atoms in total. The fourth-order valence-corrected chi connectivity index (χ4v) is 4.27. The molecule has 1 unspecified atom stereocenters. The highest BCUT2D eigenvalue weighted by atomic mass is 79.9. The summed E-state index contributed by atoms with van der Waals surface area (Å²) in [6.45, 7) is 4.35. The summed E-state index contributed by atoms with van der Waals surface area (Å²) in [6, 6.07) is 3.68. The number of anilines is 2. The van der Waals surface area contributed by atoms with Crippen LogP contribution in [-0.4, -0.2) is 5.91 Å². The van der Waals surface area contributed by atoms with Crippen LogP contribution in [0.25, 0.3) is 0 Å². The topological polar surface area (TPSA) is 55.1 Å². The monoisotopic (exact) mass is 402 g/mol. The van der Waals surface area contributed by atoms with E-state index < -0.39 is 0 Å². The SMILES string of the molecule is CC1(C)CCCCC1C(=O)Nc1c(N)cc(Br)cc1Br. The molecule has 1 saturated carbocycles. The molecule has 1 amide bonds. The Morgan fingerprint density at radius 1 is 1.35 bits per heavy atom. The second-order valence-corrected chi connectivity index (χ2v) is 7.90. The highest BCUT2D eigenvalue weighted by Gasteiger charge is 2.37. The van der Waals surface area contributed by atoms with Gasteiger partial charge in [0.15, 0.2) is 0 Å². The van der Waals surface area contributed by atoms with Gasteiger partial charge in [-0.25, -0.2) is 0 Å². The van der Waals surface area contributed by atoms with Gasteiger partial charge in [-0.2, -0.15) is 0 Å². The van der Waals surface area contributed by atoms with Gasteiger partial charge in [0.1, 0.15) is 0 Å². The van der Waals surface area contributed by atoms with Gasteiger partial charge in [-0.05, 0) is 46.3 Å². The van der Waals surface area contributed by atoms with Gasteiger partial charge in [0.25, 0.3) is 0 Å². The van der Waals surface area contributed by atoms with Crippen LogP contribution in [0.3, 0.4) is 0 Å². The van der Waals surface area contributed by atoms with E-state index >= 15 is 0 Å². The molecule has 1 aromatic rings. The summed E-state index contributed by atoms with van der Waals surface area (Å²) in [4.78, 5) is 12.6. The lowest BCUT2D eigenvalue weighted by molar-refractivity contribution is -0.124. The number of nitrogens with two attached hydrogens (primary N) is 1. The molecule has 0 saturated heterocycles. The van der Waals surface area contributed by atoms with E-state index in [0.717, 1.165) is 28.2 Å². The molecule has 0 heterocycles. The van der Waals surface area contributed by atoms with Gasteiger partial charge in [0.05, 0.1) is 11.4 Å². The number of nitrogens with one attached hydrogen (secondary N) is 1. The molecule has 1 atom stereocenters. The molecule has 0 spiro atoms. The first-order chi connectivity index (χ1) is 9.31. The summed E-state index contributed by atoms with van der Waals surface area (Å²) in [5, 5.41) is 3.00. The van der Waals surface area contributed by atoms with Crippen LogP contribution in [0.15, 0.2) is 21.1 Å². The van der Waals surface area contributed by atoms with Crippen molar-refractivity contribution < 1.29 is 4.79 Å². The van der Waals surface area contributed by atoms with Gasteiger partial charge in [-0.1, -0.05) is 42.6 Å². The number of nitrogen functional groups attached to an aromatic ring is 1. The fourth-order valence-electron chi connectivity index (χ4n) is 2.92. The van der Waals surface area contributed by atoms with E-state index in [1.165, 1.54) is 6.42 Å². The average molecular weight is 404 g/mol. The van der Waals surface area contributed by atoms with Crippen molar-refractivity contribution in [3.8, 4) is 0 Å². The van der Waals surface area contributed by atoms with Crippen LogP contribution in [0.4, 0.5) is 11.4 Å². The highest BCUT2D eigenvalue weighted by molar-refractivity contribution is 9.11. The van der Waals surface area contributed by atoms with E-state index in [4.69, 9.17) is 5.73 Å². The van der Waals surface area contributed by atoms with Crippen molar-refractivity contribution in [2.24, 2.45) is 11.3 Å². The molecule has 0 radical (unpaired) electrons. The second kappa shape index (κ2) is 6.06. The molecule has 20 heavy (non-hydrogen) atoms. The van der Waals surface area contributed by atoms with E-state index in [2.05, 4.69) is 51.0 Å². The lowest BCUT2D eigenvalue weighted by Gasteiger charge is -2.37. The van der Waals surface area contributed by atoms with Gasteiger partial charge in [0, 0.05) is 14.9 Å². The molecule has 1 aliphatic carbocycles. The van der Waals surface area contributed by atoms with E-state index in [1.54, 1.807) is 6.07 Å². The number of hydrogen-bond acceptors (Lipinski definition) is 2. The van der Waals surface area contributed by atoms with E-state index in [0.29, 0.717) is 11.4 Å². The molecule has 1 fully saturated rings. The van der Waals surface area contributed by atoms with Crippen molar-refractivity contribution in [3.05, 3.63) is 21.1 Å². The maximum absolute atomic E-state index is 12.6. The highest BCUT2D eigenvalue weighted by Crippen LogP contribution is 2.42. The van der Waals surface area contributed by atoms with Crippen molar-refractivity contribution in [2.45, 2.75) is 39.5 Å². The zero-order chi connectivity index (χ0) is 14.9. The fraction of sp³-hybridized carbons (Fsp3) is 0.533. The lowest BCUT2D eigenvalue weighted by Crippen LogP contribution is -2.37. The molecule has 0 aromatic heterocycles. The van der Waals surface area contributed by atoms with Crippen molar-refractivity contribution in [3.63, 3.8) is 0 Å². The predicted octanol–water partition coefficient (Wildman–Crippen LogP) is 4.95. The number of carbonyl (C=O) groups excluding carboxylic acids is 1. The first kappa shape index (κ1) is 15.8. The van der Waals surface area contributed by atoms with Crippen molar-refractivity contribution in [2.75, 3.05) is 11.1 Å². The quantitative estimate of drug-likeness (QED) is 0.686. The Labute approximate surface area is 136 Å². The van der Waals surface area contributed by atoms with Crippen LogP contribution in [-0.2, 0) is 4.79 Å². The Balaban J connectivity index is 2.20. The molecule has 0 bridgehead atoms. The standard InChI is InChI=1S/C15H20Br2N2O/c1-15(2)6-4-3-5-10(15)14(20)19-13-11(17)7-9(16)8-12(13)18/h7-8,10H,3-6,18H2,1-2H3,(H,19,20).